The van der Waals surface area contributed by atoms with Gasteiger partial charge in [0.2, 0.25) is 0 Å². The Morgan fingerprint density at radius 2 is 1.65 bits per heavy atom. The third kappa shape index (κ3) is 2.60. The molecule has 0 aliphatic rings. The molecular weight excluding hydrogens is 328 g/mol. The van der Waals surface area contributed by atoms with Crippen molar-refractivity contribution in [2.75, 3.05) is 14.2 Å². The van der Waals surface area contributed by atoms with Crippen molar-refractivity contribution in [3.8, 4) is 11.3 Å². The fourth-order valence-corrected chi connectivity index (χ4v) is 2.00. The maximum Gasteiger partial charge on any atom is 0.342 e. The van der Waals surface area contributed by atoms with E-state index in [0.29, 0.717) is 5.56 Å². The largest absolute Gasteiger partial charge is 0.465 e. The van der Waals surface area contributed by atoms with Gasteiger partial charge in [-0.1, -0.05) is 28.1 Å². The second-order valence-electron chi connectivity index (χ2n) is 3.84. The number of carbonyl (C=O) groups is 2. The van der Waals surface area contributed by atoms with Gasteiger partial charge in [0.15, 0.2) is 0 Å². The van der Waals surface area contributed by atoms with Crippen molar-refractivity contribution in [1.29, 1.82) is 0 Å². The van der Waals surface area contributed by atoms with Crippen LogP contribution >= 0.6 is 15.9 Å². The quantitative estimate of drug-likeness (QED) is 0.803. The summed E-state index contributed by atoms with van der Waals surface area (Å²) in [5, 5.41) is 0. The van der Waals surface area contributed by atoms with Crippen LogP contribution in [0.25, 0.3) is 11.3 Å². The van der Waals surface area contributed by atoms with Crippen LogP contribution in [0.3, 0.4) is 0 Å². The van der Waals surface area contributed by atoms with E-state index in [4.69, 9.17) is 9.15 Å². The van der Waals surface area contributed by atoms with Gasteiger partial charge in [-0.15, -0.1) is 0 Å². The van der Waals surface area contributed by atoms with Crippen molar-refractivity contribution < 1.29 is 23.5 Å². The number of furan rings is 1. The molecule has 0 spiro atoms. The number of ether oxygens (including phenoxy) is 2. The second-order valence-corrected chi connectivity index (χ2v) is 4.76. The van der Waals surface area contributed by atoms with Gasteiger partial charge in [0, 0.05) is 10.0 Å². The third-order valence-corrected chi connectivity index (χ3v) is 3.22. The Balaban J connectivity index is 2.59. The Kier molecular flexibility index (Phi) is 4.24. The lowest BCUT2D eigenvalue weighted by atomic mass is 10.1. The summed E-state index contributed by atoms with van der Waals surface area (Å²) in [6.45, 7) is 0. The fourth-order valence-electron chi connectivity index (χ4n) is 1.74. The van der Waals surface area contributed by atoms with Gasteiger partial charge in [-0.05, 0) is 12.1 Å². The van der Waals surface area contributed by atoms with Gasteiger partial charge in [-0.2, -0.15) is 0 Å². The molecule has 2 aromatic rings. The summed E-state index contributed by atoms with van der Waals surface area (Å²) < 4.78 is 15.6. The summed E-state index contributed by atoms with van der Waals surface area (Å²) in [5.41, 5.74) is 0.752. The van der Waals surface area contributed by atoms with Crippen molar-refractivity contribution in [3.63, 3.8) is 0 Å². The Morgan fingerprint density at radius 3 is 2.20 bits per heavy atom. The van der Waals surface area contributed by atoms with Crippen LogP contribution in [-0.4, -0.2) is 26.2 Å². The van der Waals surface area contributed by atoms with E-state index in [2.05, 4.69) is 20.7 Å². The average Bonchev–Trinajstić information content (AvgIpc) is 2.91. The highest BCUT2D eigenvalue weighted by Gasteiger charge is 2.27. The first-order chi connectivity index (χ1) is 9.58. The van der Waals surface area contributed by atoms with Crippen molar-refractivity contribution >= 4 is 27.9 Å². The van der Waals surface area contributed by atoms with Crippen LogP contribution in [0.4, 0.5) is 0 Å². The summed E-state index contributed by atoms with van der Waals surface area (Å²) in [7, 11) is 2.47. The first kappa shape index (κ1) is 14.3. The molecule has 0 saturated heterocycles. The molecule has 0 N–H and O–H groups in total. The van der Waals surface area contributed by atoms with Crippen LogP contribution in [0.15, 0.2) is 39.4 Å². The van der Waals surface area contributed by atoms with E-state index < -0.39 is 11.9 Å². The Morgan fingerprint density at radius 1 is 1.05 bits per heavy atom. The Bertz CT molecular complexity index is 642. The van der Waals surface area contributed by atoms with Gasteiger partial charge in [-0.25, -0.2) is 9.59 Å². The molecule has 0 aliphatic carbocycles. The lowest BCUT2D eigenvalue weighted by Gasteiger charge is -2.03. The average molecular weight is 339 g/mol. The SMILES string of the molecule is COC(=O)c1coc(-c2ccc(Br)cc2)c1C(=O)OC. The zero-order valence-corrected chi connectivity index (χ0v) is 12.4. The van der Waals surface area contributed by atoms with Crippen LogP contribution in [0, 0.1) is 0 Å². The smallest absolute Gasteiger partial charge is 0.342 e. The monoisotopic (exact) mass is 338 g/mol. The summed E-state index contributed by atoms with van der Waals surface area (Å²) in [6, 6.07) is 7.13. The van der Waals surface area contributed by atoms with Crippen LogP contribution in [-0.2, 0) is 9.47 Å². The molecule has 0 unspecified atom stereocenters. The molecule has 0 bridgehead atoms. The molecule has 5 nitrogen and oxygen atoms in total. The molecule has 0 radical (unpaired) electrons. The van der Waals surface area contributed by atoms with Crippen LogP contribution in [0.2, 0.25) is 0 Å². The highest BCUT2D eigenvalue weighted by atomic mass is 79.9. The molecule has 0 saturated carbocycles. The topological polar surface area (TPSA) is 65.7 Å². The first-order valence-corrected chi connectivity index (χ1v) is 6.41. The minimum Gasteiger partial charge on any atom is -0.465 e. The molecule has 0 fully saturated rings. The van der Waals surface area contributed by atoms with Crippen molar-refractivity contribution in [3.05, 3.63) is 46.1 Å². The third-order valence-electron chi connectivity index (χ3n) is 2.69. The predicted molar refractivity (Wildman–Crippen MR) is 74.5 cm³/mol. The number of hydrogen-bond acceptors (Lipinski definition) is 5. The molecule has 104 valence electrons. The van der Waals surface area contributed by atoms with E-state index in [9.17, 15) is 9.59 Å². The first-order valence-electron chi connectivity index (χ1n) is 5.62. The summed E-state index contributed by atoms with van der Waals surface area (Å²) >= 11 is 3.32. The molecule has 1 heterocycles. The van der Waals surface area contributed by atoms with Gasteiger partial charge in [-0.3, -0.25) is 0 Å². The van der Waals surface area contributed by atoms with E-state index in [1.54, 1.807) is 24.3 Å². The van der Waals surface area contributed by atoms with Gasteiger partial charge >= 0.3 is 11.9 Å². The molecule has 0 atom stereocenters. The number of methoxy groups -OCH3 is 2. The van der Waals surface area contributed by atoms with E-state index in [-0.39, 0.29) is 16.9 Å². The maximum absolute atomic E-state index is 11.9. The molecule has 1 aromatic heterocycles. The highest BCUT2D eigenvalue weighted by molar-refractivity contribution is 9.10. The lowest BCUT2D eigenvalue weighted by molar-refractivity contribution is 0.0557. The van der Waals surface area contributed by atoms with Crippen molar-refractivity contribution in [2.45, 2.75) is 0 Å². The second kappa shape index (κ2) is 5.92. The van der Waals surface area contributed by atoms with E-state index in [1.807, 2.05) is 0 Å². The van der Waals surface area contributed by atoms with E-state index in [1.165, 1.54) is 20.5 Å². The van der Waals surface area contributed by atoms with Gasteiger partial charge < -0.3 is 13.9 Å². The van der Waals surface area contributed by atoms with E-state index >= 15 is 0 Å². The zero-order valence-electron chi connectivity index (χ0n) is 10.8. The van der Waals surface area contributed by atoms with Crippen molar-refractivity contribution in [2.24, 2.45) is 0 Å². The number of esters is 2. The predicted octanol–water partition coefficient (Wildman–Crippen LogP) is 3.28. The zero-order chi connectivity index (χ0) is 14.7. The molecule has 0 amide bonds. The molecule has 20 heavy (non-hydrogen) atoms. The fraction of sp³-hybridized carbons (Fsp3) is 0.143. The molecule has 2 rings (SSSR count). The minimum absolute atomic E-state index is 0.0391. The van der Waals surface area contributed by atoms with E-state index in [0.717, 1.165) is 4.47 Å². The summed E-state index contributed by atoms with van der Waals surface area (Å²) in [5.74, 6) is -1.04. The number of carbonyl (C=O) groups excluding carboxylic acids is 2. The Labute approximate surface area is 123 Å². The lowest BCUT2D eigenvalue weighted by Crippen LogP contribution is -2.10. The minimum atomic E-state index is -0.655. The maximum atomic E-state index is 11.9. The molecule has 0 aliphatic heterocycles. The van der Waals surface area contributed by atoms with Crippen molar-refractivity contribution in [1.82, 2.24) is 0 Å². The molecular formula is C14H11BrO5. The van der Waals surface area contributed by atoms with Crippen LogP contribution in [0.5, 0.6) is 0 Å². The van der Waals surface area contributed by atoms with Crippen LogP contribution in [0.1, 0.15) is 20.7 Å². The Hall–Kier alpha value is -2.08. The van der Waals surface area contributed by atoms with Gasteiger partial charge in [0.25, 0.3) is 0 Å². The number of halogens is 1. The van der Waals surface area contributed by atoms with Crippen LogP contribution < -0.4 is 0 Å². The number of rotatable bonds is 3. The standard InChI is InChI=1S/C14H11BrO5/c1-18-13(16)10-7-20-12(11(10)14(17)19-2)8-3-5-9(15)6-4-8/h3-7H,1-2H3. The van der Waals surface area contributed by atoms with Gasteiger partial charge in [0.1, 0.15) is 23.2 Å². The number of hydrogen-bond donors (Lipinski definition) is 0. The summed E-state index contributed by atoms with van der Waals surface area (Å²) in [4.78, 5) is 23.5. The normalized spacial score (nSPS) is 10.2. The van der Waals surface area contributed by atoms with Gasteiger partial charge in [0.05, 0.1) is 14.2 Å². The summed E-state index contributed by atoms with van der Waals surface area (Å²) in [6.07, 6.45) is 1.19. The number of benzene rings is 1. The molecule has 1 aromatic carbocycles. The highest BCUT2D eigenvalue weighted by Crippen LogP contribution is 2.30. The molecule has 6 heteroatoms.